The molecule has 0 saturated carbocycles. The molecule has 0 aliphatic heterocycles. The summed E-state index contributed by atoms with van der Waals surface area (Å²) in [4.78, 5) is 23.7. The Labute approximate surface area is 132 Å². The van der Waals surface area contributed by atoms with Gasteiger partial charge in [-0.05, 0) is 30.3 Å². The summed E-state index contributed by atoms with van der Waals surface area (Å²) in [7, 11) is 1.46. The first kappa shape index (κ1) is 15.7. The molecule has 0 atom stereocenters. The van der Waals surface area contributed by atoms with Crippen molar-refractivity contribution in [1.82, 2.24) is 10.9 Å². The van der Waals surface area contributed by atoms with E-state index in [1.165, 1.54) is 7.11 Å². The third-order valence-corrected chi connectivity index (χ3v) is 2.96. The van der Waals surface area contributed by atoms with Crippen LogP contribution in [0.25, 0.3) is 0 Å². The minimum absolute atomic E-state index is 0.313. The van der Waals surface area contributed by atoms with E-state index < -0.39 is 11.9 Å². The van der Waals surface area contributed by atoms with Crippen molar-refractivity contribution in [3.63, 3.8) is 0 Å². The van der Waals surface area contributed by atoms with Crippen molar-refractivity contribution in [2.24, 2.45) is 0 Å². The highest BCUT2D eigenvalue weighted by molar-refractivity contribution is 6.30. The number of anilines is 1. The Morgan fingerprint density at radius 1 is 1.05 bits per heavy atom. The Balaban J connectivity index is 1.92. The number of hydrogen-bond acceptors (Lipinski definition) is 3. The number of para-hydroxylation sites is 1. The second-order valence-electron chi connectivity index (χ2n) is 4.24. The Morgan fingerprint density at radius 2 is 1.82 bits per heavy atom. The molecule has 0 spiro atoms. The monoisotopic (exact) mass is 319 g/mol. The molecule has 0 bridgehead atoms. The highest BCUT2D eigenvalue weighted by atomic mass is 35.5. The summed E-state index contributed by atoms with van der Waals surface area (Å²) in [5.74, 6) is -0.0734. The van der Waals surface area contributed by atoms with E-state index in [9.17, 15) is 9.59 Å². The lowest BCUT2D eigenvalue weighted by atomic mass is 10.2. The smallest absolute Gasteiger partial charge is 0.337 e. The van der Waals surface area contributed by atoms with Gasteiger partial charge in [0, 0.05) is 10.7 Å². The van der Waals surface area contributed by atoms with Gasteiger partial charge in [-0.3, -0.25) is 10.2 Å². The van der Waals surface area contributed by atoms with Crippen molar-refractivity contribution in [3.8, 4) is 5.75 Å². The van der Waals surface area contributed by atoms with Crippen LogP contribution in [0, 0.1) is 0 Å². The maximum absolute atomic E-state index is 12.0. The average molecular weight is 320 g/mol. The summed E-state index contributed by atoms with van der Waals surface area (Å²) < 4.78 is 5.08. The largest absolute Gasteiger partial charge is 0.496 e. The Morgan fingerprint density at radius 3 is 2.55 bits per heavy atom. The number of ether oxygens (including phenoxy) is 1. The van der Waals surface area contributed by atoms with Crippen molar-refractivity contribution in [3.05, 3.63) is 59.1 Å². The molecule has 0 radical (unpaired) electrons. The maximum Gasteiger partial charge on any atom is 0.337 e. The number of carbonyl (C=O) groups excluding carboxylic acids is 2. The third-order valence-electron chi connectivity index (χ3n) is 2.72. The molecule has 6 nitrogen and oxygen atoms in total. The summed E-state index contributed by atoms with van der Waals surface area (Å²) in [6.45, 7) is 0. The summed E-state index contributed by atoms with van der Waals surface area (Å²) in [5, 5.41) is 3.03. The zero-order chi connectivity index (χ0) is 15.9. The fourth-order valence-corrected chi connectivity index (χ4v) is 1.93. The molecule has 114 valence electrons. The van der Waals surface area contributed by atoms with Gasteiger partial charge < -0.3 is 10.1 Å². The quantitative estimate of drug-likeness (QED) is 0.761. The van der Waals surface area contributed by atoms with E-state index in [1.54, 1.807) is 48.5 Å². The lowest BCUT2D eigenvalue weighted by molar-refractivity contribution is 0.0935. The molecule has 3 N–H and O–H groups in total. The van der Waals surface area contributed by atoms with E-state index in [1.807, 2.05) is 0 Å². The van der Waals surface area contributed by atoms with E-state index >= 15 is 0 Å². The van der Waals surface area contributed by atoms with Gasteiger partial charge in [-0.15, -0.1) is 0 Å². The van der Waals surface area contributed by atoms with Gasteiger partial charge in [0.1, 0.15) is 5.75 Å². The number of rotatable bonds is 3. The molecule has 0 aliphatic carbocycles. The van der Waals surface area contributed by atoms with Gasteiger partial charge >= 0.3 is 6.03 Å². The molecule has 0 aromatic heterocycles. The van der Waals surface area contributed by atoms with E-state index in [-0.39, 0.29) is 0 Å². The Hall–Kier alpha value is -2.73. The molecule has 0 fully saturated rings. The SMILES string of the molecule is COc1ccccc1C(=O)NNC(=O)Nc1cccc(Cl)c1. The molecule has 3 amide bonds. The van der Waals surface area contributed by atoms with Crippen LogP contribution in [-0.4, -0.2) is 19.0 Å². The number of urea groups is 1. The topological polar surface area (TPSA) is 79.5 Å². The van der Waals surface area contributed by atoms with Crippen molar-refractivity contribution in [2.45, 2.75) is 0 Å². The number of methoxy groups -OCH3 is 1. The van der Waals surface area contributed by atoms with Crippen molar-refractivity contribution < 1.29 is 14.3 Å². The van der Waals surface area contributed by atoms with Gasteiger partial charge in [0.15, 0.2) is 0 Å². The lowest BCUT2D eigenvalue weighted by Crippen LogP contribution is -2.44. The Bertz CT molecular complexity index is 691. The maximum atomic E-state index is 12.0. The van der Waals surface area contributed by atoms with Gasteiger partial charge in [0.05, 0.1) is 12.7 Å². The first-order chi connectivity index (χ1) is 10.6. The highest BCUT2D eigenvalue weighted by Crippen LogP contribution is 2.16. The molecule has 7 heteroatoms. The van der Waals surface area contributed by atoms with Gasteiger partial charge in [-0.1, -0.05) is 29.8 Å². The number of amides is 3. The molecule has 2 rings (SSSR count). The summed E-state index contributed by atoms with van der Waals surface area (Å²) in [6.07, 6.45) is 0. The van der Waals surface area contributed by atoms with Crippen molar-refractivity contribution in [1.29, 1.82) is 0 Å². The van der Waals surface area contributed by atoms with Gasteiger partial charge in [-0.2, -0.15) is 0 Å². The average Bonchev–Trinajstić information content (AvgIpc) is 2.52. The zero-order valence-corrected chi connectivity index (χ0v) is 12.5. The predicted octanol–water partition coefficient (Wildman–Crippen LogP) is 2.82. The normalized spacial score (nSPS) is 9.73. The van der Waals surface area contributed by atoms with Crippen LogP contribution in [0.5, 0.6) is 5.75 Å². The molecule has 0 aliphatic rings. The molecule has 0 saturated heterocycles. The molecule has 0 unspecified atom stereocenters. The predicted molar refractivity (Wildman–Crippen MR) is 84.1 cm³/mol. The lowest BCUT2D eigenvalue weighted by Gasteiger charge is -2.11. The number of nitrogens with one attached hydrogen (secondary N) is 3. The summed E-state index contributed by atoms with van der Waals surface area (Å²) in [5.41, 5.74) is 5.37. The fourth-order valence-electron chi connectivity index (χ4n) is 1.74. The van der Waals surface area contributed by atoms with E-state index in [0.29, 0.717) is 22.0 Å². The van der Waals surface area contributed by atoms with Crippen LogP contribution in [0.3, 0.4) is 0 Å². The third kappa shape index (κ3) is 4.13. The summed E-state index contributed by atoms with van der Waals surface area (Å²) >= 11 is 5.81. The number of halogens is 1. The second-order valence-corrected chi connectivity index (χ2v) is 4.68. The number of carbonyl (C=O) groups is 2. The molecule has 22 heavy (non-hydrogen) atoms. The first-order valence-electron chi connectivity index (χ1n) is 6.36. The van der Waals surface area contributed by atoms with Crippen LogP contribution in [-0.2, 0) is 0 Å². The molecule has 2 aromatic carbocycles. The van der Waals surface area contributed by atoms with E-state index in [2.05, 4.69) is 16.2 Å². The number of benzene rings is 2. The standard InChI is InChI=1S/C15H14ClN3O3/c1-22-13-8-3-2-7-12(13)14(20)18-19-15(21)17-11-6-4-5-10(16)9-11/h2-9H,1H3,(H,18,20)(H2,17,19,21). The minimum atomic E-state index is -0.592. The van der Waals surface area contributed by atoms with Gasteiger partial charge in [-0.25, -0.2) is 10.2 Å². The fraction of sp³-hybridized carbons (Fsp3) is 0.0667. The molecule has 2 aromatic rings. The number of hydrogen-bond donors (Lipinski definition) is 3. The molecule has 0 heterocycles. The van der Waals surface area contributed by atoms with Crippen molar-refractivity contribution >= 4 is 29.2 Å². The molecular formula is C15H14ClN3O3. The summed E-state index contributed by atoms with van der Waals surface area (Å²) in [6, 6.07) is 12.7. The van der Waals surface area contributed by atoms with Crippen LogP contribution in [0.15, 0.2) is 48.5 Å². The van der Waals surface area contributed by atoms with Crippen LogP contribution in [0.1, 0.15) is 10.4 Å². The minimum Gasteiger partial charge on any atom is -0.496 e. The van der Waals surface area contributed by atoms with Crippen LogP contribution < -0.4 is 20.9 Å². The van der Waals surface area contributed by atoms with E-state index in [0.717, 1.165) is 0 Å². The van der Waals surface area contributed by atoms with Gasteiger partial charge in [0.2, 0.25) is 0 Å². The van der Waals surface area contributed by atoms with Crippen LogP contribution in [0.2, 0.25) is 5.02 Å². The zero-order valence-electron chi connectivity index (χ0n) is 11.7. The van der Waals surface area contributed by atoms with Crippen LogP contribution >= 0.6 is 11.6 Å². The first-order valence-corrected chi connectivity index (χ1v) is 6.74. The van der Waals surface area contributed by atoms with Crippen molar-refractivity contribution in [2.75, 3.05) is 12.4 Å². The van der Waals surface area contributed by atoms with E-state index in [4.69, 9.17) is 16.3 Å². The van der Waals surface area contributed by atoms with Gasteiger partial charge in [0.25, 0.3) is 5.91 Å². The van der Waals surface area contributed by atoms with Crippen LogP contribution in [0.4, 0.5) is 10.5 Å². The number of hydrazine groups is 1. The highest BCUT2D eigenvalue weighted by Gasteiger charge is 2.12. The molecular weight excluding hydrogens is 306 g/mol. The second kappa shape index (κ2) is 7.33. The Kier molecular flexibility index (Phi) is 5.21.